The van der Waals surface area contributed by atoms with Gasteiger partial charge in [0, 0.05) is 39.0 Å². The van der Waals surface area contributed by atoms with Gasteiger partial charge in [0.25, 0.3) is 5.88 Å². The Morgan fingerprint density at radius 1 is 0.702 bits per heavy atom. The van der Waals surface area contributed by atoms with Crippen molar-refractivity contribution < 1.29 is 30.5 Å². The molecule has 0 radical (unpaired) electrons. The first kappa shape index (κ1) is 28.9. The number of ether oxygens (including phenoxy) is 2. The van der Waals surface area contributed by atoms with Crippen LogP contribution in [0.1, 0.15) is 0 Å². The second kappa shape index (κ2) is 11.6. The van der Waals surface area contributed by atoms with Crippen LogP contribution >= 0.6 is 0 Å². The van der Waals surface area contributed by atoms with Crippen LogP contribution < -0.4 is 19.3 Å². The normalized spacial score (nSPS) is 13.1. The van der Waals surface area contributed by atoms with Crippen molar-refractivity contribution in [2.24, 2.45) is 0 Å². The van der Waals surface area contributed by atoms with Crippen molar-refractivity contribution in [2.45, 2.75) is 0 Å². The van der Waals surface area contributed by atoms with Crippen molar-refractivity contribution in [1.29, 1.82) is 0 Å². The first-order valence-corrected chi connectivity index (χ1v) is 14.9. The van der Waals surface area contributed by atoms with E-state index in [1.54, 1.807) is 6.20 Å². The van der Waals surface area contributed by atoms with Gasteiger partial charge in [-0.2, -0.15) is 18.8 Å². The quantitative estimate of drug-likeness (QED) is 0.162. The Bertz CT molecular complexity index is 2300. The van der Waals surface area contributed by atoms with Gasteiger partial charge in [-0.3, -0.25) is 0 Å². The number of para-hydroxylation sites is 3. The summed E-state index contributed by atoms with van der Waals surface area (Å²) in [6, 6.07) is 41.6. The van der Waals surface area contributed by atoms with Gasteiger partial charge < -0.3 is 28.7 Å². The van der Waals surface area contributed by atoms with Crippen molar-refractivity contribution >= 4 is 44.6 Å². The van der Waals surface area contributed by atoms with Gasteiger partial charge in [-0.1, -0.05) is 53.3 Å². The molecule has 0 saturated heterocycles. The van der Waals surface area contributed by atoms with Gasteiger partial charge in [0.05, 0.1) is 5.69 Å². The summed E-state index contributed by atoms with van der Waals surface area (Å²) in [5.74, 6) is 2.95. The molecule has 9 rings (SSSR count). The summed E-state index contributed by atoms with van der Waals surface area (Å²) < 4.78 is 14.9. The molecule has 0 saturated carbocycles. The van der Waals surface area contributed by atoms with Gasteiger partial charge in [0.2, 0.25) is 5.75 Å². The summed E-state index contributed by atoms with van der Waals surface area (Å²) in [6.07, 6.45) is 7.55. The Hall–Kier alpha value is -5.59. The minimum Gasteiger partial charge on any atom is -0.510 e. The smallest absolute Gasteiger partial charge is 0.265 e. The van der Waals surface area contributed by atoms with E-state index in [0.29, 0.717) is 23.1 Å². The minimum absolute atomic E-state index is 0. The maximum atomic E-state index is 6.50. The topological polar surface area (TPSA) is 58.9 Å². The maximum Gasteiger partial charge on any atom is 0.265 e. The molecule has 7 aromatic rings. The van der Waals surface area contributed by atoms with Gasteiger partial charge in [-0.05, 0) is 61.2 Å². The second-order valence-corrected chi connectivity index (χ2v) is 11.0. The predicted molar refractivity (Wildman–Crippen MR) is 179 cm³/mol. The zero-order chi connectivity index (χ0) is 30.6. The van der Waals surface area contributed by atoms with E-state index < -0.39 is 0 Å². The number of nitrogens with zero attached hydrogens (tertiary/aromatic N) is 6. The summed E-state index contributed by atoms with van der Waals surface area (Å²) in [6.45, 7) is 2.01. The Labute approximate surface area is 286 Å². The number of rotatable bonds is 5. The molecule has 4 aromatic carbocycles. The van der Waals surface area contributed by atoms with E-state index in [4.69, 9.17) is 14.5 Å². The second-order valence-electron chi connectivity index (χ2n) is 11.0. The Morgan fingerprint density at radius 3 is 2.34 bits per heavy atom. The zero-order valence-corrected chi connectivity index (χ0v) is 27.3. The molecule has 2 aliphatic rings. The molecule has 0 amide bonds. The first-order chi connectivity index (χ1) is 22.7. The Kier molecular flexibility index (Phi) is 7.15. The molecule has 232 valence electrons. The summed E-state index contributed by atoms with van der Waals surface area (Å²) in [7, 11) is 2.00. The number of anilines is 4. The molecule has 8 nitrogen and oxygen atoms in total. The number of benzene rings is 4. The van der Waals surface area contributed by atoms with Crippen LogP contribution in [0, 0.1) is 18.8 Å². The van der Waals surface area contributed by atoms with E-state index in [1.807, 2.05) is 115 Å². The molecule has 0 bridgehead atoms. The molecular formula is C38H25N6O2Pt-3. The number of fused-ring (bicyclic) bond motifs is 5. The predicted octanol–water partition coefficient (Wildman–Crippen LogP) is 8.88. The molecule has 0 aliphatic carbocycles. The third-order valence-electron chi connectivity index (χ3n) is 8.10. The van der Waals surface area contributed by atoms with E-state index >= 15 is 0 Å². The third kappa shape index (κ3) is 4.89. The zero-order valence-electron chi connectivity index (χ0n) is 25.0. The van der Waals surface area contributed by atoms with E-state index in [-0.39, 0.29) is 21.1 Å². The number of hydrogen-bond donors (Lipinski definition) is 0. The Morgan fingerprint density at radius 2 is 1.51 bits per heavy atom. The van der Waals surface area contributed by atoms with E-state index in [9.17, 15) is 0 Å². The molecule has 0 fully saturated rings. The van der Waals surface area contributed by atoms with Crippen molar-refractivity contribution in [3.05, 3.63) is 147 Å². The van der Waals surface area contributed by atoms with Gasteiger partial charge in [-0.15, -0.1) is 41.4 Å². The van der Waals surface area contributed by atoms with Gasteiger partial charge >= 0.3 is 0 Å². The largest absolute Gasteiger partial charge is 0.510 e. The SMILES string of the molecule is CN1C=CN(c2[c-]c(N(c3[c-]c4c(cc3)c3ccccc3n4-c3ccccn3)c3ccnc4c3Oc3ccccc3O4)ccc2)[CH-]1.[Pt]. The van der Waals surface area contributed by atoms with Crippen LogP contribution in [0.4, 0.5) is 22.7 Å². The molecule has 0 spiro atoms. The summed E-state index contributed by atoms with van der Waals surface area (Å²) in [5.41, 5.74) is 5.16. The molecule has 3 aromatic heterocycles. The monoisotopic (exact) mass is 792 g/mol. The van der Waals surface area contributed by atoms with Crippen LogP contribution in [0.25, 0.3) is 27.6 Å². The molecule has 2 aliphatic heterocycles. The Balaban J connectivity index is 0.00000324. The number of hydrogen-bond acceptors (Lipinski definition) is 7. The fraction of sp³-hybridized carbons (Fsp3) is 0.0263. The fourth-order valence-corrected chi connectivity index (χ4v) is 6.04. The van der Waals surface area contributed by atoms with E-state index in [0.717, 1.165) is 50.4 Å². The number of pyridine rings is 2. The van der Waals surface area contributed by atoms with Crippen LogP contribution in [0.15, 0.2) is 128 Å². The first-order valence-electron chi connectivity index (χ1n) is 14.9. The molecule has 0 atom stereocenters. The van der Waals surface area contributed by atoms with Gasteiger partial charge in [0.1, 0.15) is 5.82 Å². The number of aromatic nitrogens is 3. The molecule has 0 unspecified atom stereocenters. The maximum absolute atomic E-state index is 6.50. The average Bonchev–Trinajstić information content (AvgIpc) is 3.69. The minimum atomic E-state index is 0. The third-order valence-corrected chi connectivity index (χ3v) is 8.10. The summed E-state index contributed by atoms with van der Waals surface area (Å²) in [5, 5.41) is 2.20. The van der Waals surface area contributed by atoms with Gasteiger partial charge in [0.15, 0.2) is 11.5 Å². The molecule has 47 heavy (non-hydrogen) atoms. The molecule has 5 heterocycles. The molecule has 0 N–H and O–H groups in total. The van der Waals surface area contributed by atoms with E-state index in [2.05, 4.69) is 56.9 Å². The standard InChI is InChI=1S/C38H25N6O2.Pt/c1-41-21-22-42(25-41)26-9-8-10-27(23-26)43(32-18-20-40-38-37(32)45-34-13-4-5-14-35(34)46-38)28-16-17-30-29-11-2-3-12-31(29)44(33(30)24-28)36-15-6-7-19-39-36;/h2-22,25H,1H3;/q-3;. The van der Waals surface area contributed by atoms with Crippen molar-refractivity contribution in [3.8, 4) is 28.9 Å². The average molecular weight is 793 g/mol. The van der Waals surface area contributed by atoms with Crippen LogP contribution in [0.5, 0.6) is 23.1 Å². The molecule has 9 heteroatoms. The van der Waals surface area contributed by atoms with Crippen LogP contribution in [0.2, 0.25) is 0 Å². The van der Waals surface area contributed by atoms with Crippen molar-refractivity contribution in [3.63, 3.8) is 0 Å². The summed E-state index contributed by atoms with van der Waals surface area (Å²) in [4.78, 5) is 15.4. The summed E-state index contributed by atoms with van der Waals surface area (Å²) >= 11 is 0. The van der Waals surface area contributed by atoms with Crippen molar-refractivity contribution in [1.82, 2.24) is 19.4 Å². The van der Waals surface area contributed by atoms with Crippen LogP contribution in [0.3, 0.4) is 0 Å². The van der Waals surface area contributed by atoms with Crippen LogP contribution in [-0.2, 0) is 21.1 Å². The molecular weight excluding hydrogens is 768 g/mol. The van der Waals surface area contributed by atoms with Gasteiger partial charge in [-0.25, -0.2) is 9.97 Å². The fourth-order valence-electron chi connectivity index (χ4n) is 6.04. The van der Waals surface area contributed by atoms with E-state index in [1.165, 1.54) is 0 Å². The van der Waals surface area contributed by atoms with Crippen LogP contribution in [-0.4, -0.2) is 26.5 Å². The van der Waals surface area contributed by atoms with Crippen molar-refractivity contribution in [2.75, 3.05) is 16.8 Å².